The lowest BCUT2D eigenvalue weighted by molar-refractivity contribution is -0.0354. The fraction of sp³-hybridized carbons (Fsp3) is 0.200. The van der Waals surface area contributed by atoms with Crippen molar-refractivity contribution in [3.8, 4) is 6.07 Å². The summed E-state index contributed by atoms with van der Waals surface area (Å²) in [5.74, 6) is -1.61. The Kier molecular flexibility index (Phi) is 4.56. The number of nitrogens with zero attached hydrogens (tertiary/aromatic N) is 6. The van der Waals surface area contributed by atoms with Crippen molar-refractivity contribution in [3.63, 3.8) is 0 Å². The van der Waals surface area contributed by atoms with E-state index >= 15 is 0 Å². The molecule has 0 aliphatic heterocycles. The molecule has 1 N–H and O–H groups in total. The van der Waals surface area contributed by atoms with Gasteiger partial charge in [0, 0.05) is 17.0 Å². The van der Waals surface area contributed by atoms with Gasteiger partial charge >= 0.3 is 0 Å². The van der Waals surface area contributed by atoms with Crippen molar-refractivity contribution in [1.29, 1.82) is 5.26 Å². The molecule has 4 rings (SSSR count). The molecule has 29 heavy (non-hydrogen) atoms. The molecule has 0 unspecified atom stereocenters. The number of benzene rings is 2. The van der Waals surface area contributed by atoms with E-state index in [1.165, 1.54) is 23.4 Å². The van der Waals surface area contributed by atoms with Gasteiger partial charge in [0.05, 0.1) is 35.9 Å². The average molecular weight is 394 g/mol. The molecular weight excluding hydrogens is 378 g/mol. The van der Waals surface area contributed by atoms with E-state index in [0.29, 0.717) is 16.5 Å². The molecule has 2 aromatic heterocycles. The van der Waals surface area contributed by atoms with Gasteiger partial charge in [0.2, 0.25) is 0 Å². The Morgan fingerprint density at radius 1 is 1.21 bits per heavy atom. The van der Waals surface area contributed by atoms with Gasteiger partial charge in [0.1, 0.15) is 29.9 Å². The van der Waals surface area contributed by atoms with Crippen LogP contribution in [0.1, 0.15) is 24.1 Å². The molecule has 0 amide bonds. The fourth-order valence-corrected chi connectivity index (χ4v) is 3.48. The van der Waals surface area contributed by atoms with Crippen LogP contribution in [0.15, 0.2) is 55.2 Å². The first-order chi connectivity index (χ1) is 13.9. The molecule has 0 saturated carbocycles. The molecule has 9 heteroatoms. The van der Waals surface area contributed by atoms with Crippen molar-refractivity contribution >= 4 is 10.9 Å². The Hall–Kier alpha value is -3.64. The number of aliphatic hydroxyl groups is 1. The summed E-state index contributed by atoms with van der Waals surface area (Å²) in [5, 5.41) is 29.8. The monoisotopic (exact) mass is 394 g/mol. The Morgan fingerprint density at radius 3 is 2.72 bits per heavy atom. The van der Waals surface area contributed by atoms with Crippen LogP contribution in [0.2, 0.25) is 0 Å². The quantitative estimate of drug-likeness (QED) is 0.562. The summed E-state index contributed by atoms with van der Waals surface area (Å²) in [5.41, 5.74) is -0.763. The highest BCUT2D eigenvalue weighted by Gasteiger charge is 2.41. The minimum atomic E-state index is -1.82. The Labute approximate surface area is 164 Å². The second-order valence-corrected chi connectivity index (χ2v) is 6.79. The molecule has 0 aliphatic rings. The number of hydrogen-bond donors (Lipinski definition) is 1. The maximum absolute atomic E-state index is 14.7. The van der Waals surface area contributed by atoms with Crippen molar-refractivity contribution in [1.82, 2.24) is 24.5 Å². The van der Waals surface area contributed by atoms with Gasteiger partial charge in [-0.3, -0.25) is 4.68 Å². The Morgan fingerprint density at radius 2 is 2.03 bits per heavy atom. The predicted octanol–water partition coefficient (Wildman–Crippen LogP) is 2.93. The minimum Gasteiger partial charge on any atom is -0.381 e. The molecule has 2 aromatic carbocycles. The van der Waals surface area contributed by atoms with Gasteiger partial charge in [0.25, 0.3) is 0 Å². The summed E-state index contributed by atoms with van der Waals surface area (Å²) in [4.78, 5) is 3.86. The predicted molar refractivity (Wildman–Crippen MR) is 99.4 cm³/mol. The van der Waals surface area contributed by atoms with Gasteiger partial charge in [-0.15, -0.1) is 0 Å². The zero-order chi connectivity index (χ0) is 20.6. The summed E-state index contributed by atoms with van der Waals surface area (Å²) in [6.07, 6.45) is 4.28. The third-order valence-corrected chi connectivity index (χ3v) is 5.05. The van der Waals surface area contributed by atoms with Crippen LogP contribution in [0, 0.1) is 23.0 Å². The van der Waals surface area contributed by atoms with Gasteiger partial charge in [0.15, 0.2) is 0 Å². The van der Waals surface area contributed by atoms with Crippen molar-refractivity contribution in [3.05, 3.63) is 78.0 Å². The molecule has 4 aromatic rings. The van der Waals surface area contributed by atoms with Crippen LogP contribution in [0.3, 0.4) is 0 Å². The largest absolute Gasteiger partial charge is 0.381 e. The average Bonchev–Trinajstić information content (AvgIpc) is 3.36. The lowest BCUT2D eigenvalue weighted by Gasteiger charge is -2.35. The third kappa shape index (κ3) is 3.23. The van der Waals surface area contributed by atoms with E-state index in [0.717, 1.165) is 12.1 Å². The Balaban J connectivity index is 1.85. The fourth-order valence-electron chi connectivity index (χ4n) is 3.48. The standard InChI is InChI=1S/C20H16F2N6O/c1-13(28-19-5-2-14(8-23)6-15(19)9-25-28)20(29,10-27-12-24-11-26-27)17-4-3-16(21)7-18(17)22/h2-7,9,11-13,29H,10H2,1H3/t13-,20-/m1/s1. The zero-order valence-corrected chi connectivity index (χ0v) is 15.4. The van der Waals surface area contributed by atoms with Crippen molar-refractivity contribution in [2.24, 2.45) is 0 Å². The van der Waals surface area contributed by atoms with Gasteiger partial charge in [-0.2, -0.15) is 15.5 Å². The molecule has 7 nitrogen and oxygen atoms in total. The highest BCUT2D eigenvalue weighted by atomic mass is 19.1. The van der Waals surface area contributed by atoms with Crippen LogP contribution in [0.4, 0.5) is 8.78 Å². The van der Waals surface area contributed by atoms with Gasteiger partial charge in [-0.1, -0.05) is 6.07 Å². The first kappa shape index (κ1) is 18.7. The summed E-state index contributed by atoms with van der Waals surface area (Å²) < 4.78 is 31.1. The number of hydrogen-bond acceptors (Lipinski definition) is 5. The molecule has 2 heterocycles. The van der Waals surface area contributed by atoms with Crippen LogP contribution >= 0.6 is 0 Å². The van der Waals surface area contributed by atoms with Gasteiger partial charge < -0.3 is 5.11 Å². The van der Waals surface area contributed by atoms with E-state index < -0.39 is 23.3 Å². The third-order valence-electron chi connectivity index (χ3n) is 5.05. The van der Waals surface area contributed by atoms with E-state index in [2.05, 4.69) is 21.3 Å². The minimum absolute atomic E-state index is 0.0841. The zero-order valence-electron chi connectivity index (χ0n) is 15.4. The number of aromatic nitrogens is 5. The van der Waals surface area contributed by atoms with Crippen LogP contribution in [0.25, 0.3) is 10.9 Å². The molecule has 0 spiro atoms. The Bertz CT molecular complexity index is 1210. The number of fused-ring (bicyclic) bond motifs is 1. The first-order valence-electron chi connectivity index (χ1n) is 8.80. The normalized spacial score (nSPS) is 14.4. The van der Waals surface area contributed by atoms with Gasteiger partial charge in [-0.25, -0.2) is 18.4 Å². The maximum atomic E-state index is 14.7. The van der Waals surface area contributed by atoms with Gasteiger partial charge in [-0.05, 0) is 31.2 Å². The van der Waals surface area contributed by atoms with Crippen LogP contribution in [-0.4, -0.2) is 29.7 Å². The van der Waals surface area contributed by atoms with Crippen LogP contribution < -0.4 is 0 Å². The summed E-state index contributed by atoms with van der Waals surface area (Å²) in [6.45, 7) is 1.55. The second-order valence-electron chi connectivity index (χ2n) is 6.79. The molecule has 2 atom stereocenters. The van der Waals surface area contributed by atoms with Crippen molar-refractivity contribution < 1.29 is 13.9 Å². The van der Waals surface area contributed by atoms with Crippen molar-refractivity contribution in [2.45, 2.75) is 25.1 Å². The topological polar surface area (TPSA) is 92.6 Å². The molecule has 0 radical (unpaired) electrons. The summed E-state index contributed by atoms with van der Waals surface area (Å²) >= 11 is 0. The molecule has 146 valence electrons. The van der Waals surface area contributed by atoms with Crippen molar-refractivity contribution in [2.75, 3.05) is 0 Å². The lowest BCUT2D eigenvalue weighted by Crippen LogP contribution is -2.41. The number of halogens is 2. The number of rotatable bonds is 5. The van der Waals surface area contributed by atoms with E-state index in [1.54, 1.807) is 36.0 Å². The van der Waals surface area contributed by atoms with Crippen LogP contribution in [-0.2, 0) is 12.1 Å². The van der Waals surface area contributed by atoms with E-state index in [9.17, 15) is 13.9 Å². The summed E-state index contributed by atoms with van der Waals surface area (Å²) in [6, 6.07) is 9.38. The molecule has 0 aliphatic carbocycles. The van der Waals surface area contributed by atoms with E-state index in [4.69, 9.17) is 5.26 Å². The smallest absolute Gasteiger partial charge is 0.137 e. The van der Waals surface area contributed by atoms with E-state index in [-0.39, 0.29) is 12.1 Å². The molecule has 0 fully saturated rings. The first-order valence-corrected chi connectivity index (χ1v) is 8.80. The lowest BCUT2D eigenvalue weighted by atomic mass is 9.86. The highest BCUT2D eigenvalue weighted by molar-refractivity contribution is 5.80. The highest BCUT2D eigenvalue weighted by Crippen LogP contribution is 2.37. The van der Waals surface area contributed by atoms with Crippen LogP contribution in [0.5, 0.6) is 0 Å². The van der Waals surface area contributed by atoms with E-state index in [1.807, 2.05) is 0 Å². The number of nitriles is 1. The second kappa shape index (κ2) is 7.07. The molecule has 0 saturated heterocycles. The SMILES string of the molecule is C[C@@H](n1ncc2cc(C#N)ccc21)[C@](O)(Cn1cncn1)c1ccc(F)cc1F. The maximum Gasteiger partial charge on any atom is 0.137 e. The summed E-state index contributed by atoms with van der Waals surface area (Å²) in [7, 11) is 0. The molecular formula is C20H16F2N6O. The molecule has 0 bridgehead atoms.